The smallest absolute Gasteiger partial charge is 0.137 e. The van der Waals surface area contributed by atoms with Gasteiger partial charge in [-0.3, -0.25) is 4.98 Å². The van der Waals surface area contributed by atoms with Crippen molar-refractivity contribution in [1.29, 1.82) is 0 Å². The van der Waals surface area contributed by atoms with E-state index in [0.717, 1.165) is 16.8 Å². The monoisotopic (exact) mass is 294 g/mol. The minimum Gasteiger partial charge on any atom is -0.320 e. The predicted molar refractivity (Wildman–Crippen MR) is 69.1 cm³/mol. The Balaban J connectivity index is 2.33. The van der Waals surface area contributed by atoms with Gasteiger partial charge in [0, 0.05) is 11.9 Å². The molecule has 2 rings (SSSR count). The van der Waals surface area contributed by atoms with E-state index < -0.39 is 0 Å². The SMILES string of the molecule is Cc1ccc(C(N)c2ccc(F)c(Br)c2)cn1. The number of halogens is 2. The molecule has 0 bridgehead atoms. The first-order valence-electron chi connectivity index (χ1n) is 5.21. The maximum absolute atomic E-state index is 13.1. The van der Waals surface area contributed by atoms with E-state index in [-0.39, 0.29) is 11.9 Å². The van der Waals surface area contributed by atoms with Crippen molar-refractivity contribution in [3.8, 4) is 0 Å². The molecule has 0 aliphatic heterocycles. The minimum absolute atomic E-state index is 0.289. The van der Waals surface area contributed by atoms with Gasteiger partial charge < -0.3 is 5.73 Å². The molecule has 2 nitrogen and oxygen atoms in total. The lowest BCUT2D eigenvalue weighted by Crippen LogP contribution is -2.12. The van der Waals surface area contributed by atoms with Crippen molar-refractivity contribution in [2.75, 3.05) is 0 Å². The molecule has 88 valence electrons. The van der Waals surface area contributed by atoms with Crippen molar-refractivity contribution in [1.82, 2.24) is 4.98 Å². The van der Waals surface area contributed by atoms with Gasteiger partial charge in [-0.15, -0.1) is 0 Å². The molecule has 0 aliphatic carbocycles. The fraction of sp³-hybridized carbons (Fsp3) is 0.154. The van der Waals surface area contributed by atoms with Crippen LogP contribution in [0.2, 0.25) is 0 Å². The van der Waals surface area contributed by atoms with Crippen LogP contribution in [-0.4, -0.2) is 4.98 Å². The highest BCUT2D eigenvalue weighted by Crippen LogP contribution is 2.24. The second kappa shape index (κ2) is 4.94. The van der Waals surface area contributed by atoms with Crippen LogP contribution in [0.1, 0.15) is 22.9 Å². The summed E-state index contributed by atoms with van der Waals surface area (Å²) in [6.07, 6.45) is 1.75. The molecule has 1 aromatic heterocycles. The third-order valence-electron chi connectivity index (χ3n) is 2.60. The average Bonchev–Trinajstić information content (AvgIpc) is 2.33. The van der Waals surface area contributed by atoms with Gasteiger partial charge in [0.05, 0.1) is 10.5 Å². The van der Waals surface area contributed by atoms with Crippen LogP contribution in [0.15, 0.2) is 41.0 Å². The van der Waals surface area contributed by atoms with Gasteiger partial charge in [-0.05, 0) is 52.2 Å². The molecular weight excluding hydrogens is 283 g/mol. The van der Waals surface area contributed by atoms with E-state index >= 15 is 0 Å². The van der Waals surface area contributed by atoms with E-state index in [1.807, 2.05) is 19.1 Å². The summed E-state index contributed by atoms with van der Waals surface area (Å²) in [5, 5.41) is 0. The zero-order valence-corrected chi connectivity index (χ0v) is 10.9. The number of hydrogen-bond donors (Lipinski definition) is 1. The Morgan fingerprint density at radius 1 is 1.24 bits per heavy atom. The van der Waals surface area contributed by atoms with Crippen LogP contribution in [0, 0.1) is 12.7 Å². The predicted octanol–water partition coefficient (Wildman–Crippen LogP) is 3.34. The summed E-state index contributed by atoms with van der Waals surface area (Å²) >= 11 is 3.15. The van der Waals surface area contributed by atoms with E-state index in [0.29, 0.717) is 4.47 Å². The fourth-order valence-electron chi connectivity index (χ4n) is 1.56. The average molecular weight is 295 g/mol. The van der Waals surface area contributed by atoms with E-state index in [1.165, 1.54) is 6.07 Å². The van der Waals surface area contributed by atoms with Gasteiger partial charge in [0.15, 0.2) is 0 Å². The second-order valence-electron chi connectivity index (χ2n) is 3.88. The van der Waals surface area contributed by atoms with Crippen LogP contribution in [0.25, 0.3) is 0 Å². The highest BCUT2D eigenvalue weighted by atomic mass is 79.9. The third kappa shape index (κ3) is 2.70. The van der Waals surface area contributed by atoms with Crippen LogP contribution in [0.5, 0.6) is 0 Å². The molecule has 2 N–H and O–H groups in total. The Morgan fingerprint density at radius 3 is 2.53 bits per heavy atom. The molecule has 0 fully saturated rings. The molecular formula is C13H12BrFN2. The maximum atomic E-state index is 13.1. The summed E-state index contributed by atoms with van der Waals surface area (Å²) in [7, 11) is 0. The van der Waals surface area contributed by atoms with Crippen molar-refractivity contribution in [2.24, 2.45) is 5.73 Å². The highest BCUT2D eigenvalue weighted by molar-refractivity contribution is 9.10. The Bertz CT molecular complexity index is 525. The minimum atomic E-state index is -0.292. The lowest BCUT2D eigenvalue weighted by Gasteiger charge is -2.12. The third-order valence-corrected chi connectivity index (χ3v) is 3.20. The van der Waals surface area contributed by atoms with Crippen LogP contribution < -0.4 is 5.73 Å². The van der Waals surface area contributed by atoms with Crippen molar-refractivity contribution < 1.29 is 4.39 Å². The number of nitrogens with zero attached hydrogens (tertiary/aromatic N) is 1. The molecule has 17 heavy (non-hydrogen) atoms. The van der Waals surface area contributed by atoms with Crippen LogP contribution >= 0.6 is 15.9 Å². The number of aryl methyl sites for hydroxylation is 1. The van der Waals surface area contributed by atoms with Crippen molar-refractivity contribution >= 4 is 15.9 Å². The zero-order chi connectivity index (χ0) is 12.4. The van der Waals surface area contributed by atoms with Gasteiger partial charge in [0.25, 0.3) is 0 Å². The molecule has 0 aliphatic rings. The number of rotatable bonds is 2. The molecule has 1 atom stereocenters. The molecule has 1 aromatic carbocycles. The number of aromatic nitrogens is 1. The number of pyridine rings is 1. The van der Waals surface area contributed by atoms with Crippen molar-refractivity contribution in [2.45, 2.75) is 13.0 Å². The molecule has 0 saturated carbocycles. The van der Waals surface area contributed by atoms with E-state index in [1.54, 1.807) is 18.3 Å². The first-order chi connectivity index (χ1) is 8.08. The largest absolute Gasteiger partial charge is 0.320 e. The first-order valence-corrected chi connectivity index (χ1v) is 6.00. The topological polar surface area (TPSA) is 38.9 Å². The zero-order valence-electron chi connectivity index (χ0n) is 9.32. The fourth-order valence-corrected chi connectivity index (χ4v) is 1.96. The molecule has 1 unspecified atom stereocenters. The van der Waals surface area contributed by atoms with Crippen LogP contribution in [-0.2, 0) is 0 Å². The first kappa shape index (κ1) is 12.2. The Hall–Kier alpha value is -1.26. The van der Waals surface area contributed by atoms with Gasteiger partial charge in [-0.25, -0.2) is 4.39 Å². The van der Waals surface area contributed by atoms with E-state index in [4.69, 9.17) is 5.73 Å². The van der Waals surface area contributed by atoms with E-state index in [9.17, 15) is 4.39 Å². The summed E-state index contributed by atoms with van der Waals surface area (Å²) in [6.45, 7) is 1.92. The molecule has 0 spiro atoms. The molecule has 0 radical (unpaired) electrons. The Labute approximate surface area is 108 Å². The summed E-state index contributed by atoms with van der Waals surface area (Å²) < 4.78 is 13.5. The van der Waals surface area contributed by atoms with Gasteiger partial charge in [0.1, 0.15) is 5.82 Å². The van der Waals surface area contributed by atoms with Gasteiger partial charge in [-0.2, -0.15) is 0 Å². The standard InChI is InChI=1S/C13H12BrFN2/c1-8-2-3-10(7-17-8)13(16)9-4-5-12(15)11(14)6-9/h2-7,13H,16H2,1H3. The number of hydrogen-bond acceptors (Lipinski definition) is 2. The second-order valence-corrected chi connectivity index (χ2v) is 4.74. The molecule has 0 saturated heterocycles. The lowest BCUT2D eigenvalue weighted by atomic mass is 10.0. The molecule has 4 heteroatoms. The Kier molecular flexibility index (Phi) is 3.54. The van der Waals surface area contributed by atoms with Gasteiger partial charge in [0.2, 0.25) is 0 Å². The van der Waals surface area contributed by atoms with E-state index in [2.05, 4.69) is 20.9 Å². The number of nitrogens with two attached hydrogens (primary N) is 1. The van der Waals surface area contributed by atoms with Crippen molar-refractivity contribution in [3.63, 3.8) is 0 Å². The summed E-state index contributed by atoms with van der Waals surface area (Å²) in [5.41, 5.74) is 8.81. The van der Waals surface area contributed by atoms with Gasteiger partial charge >= 0.3 is 0 Å². The van der Waals surface area contributed by atoms with Crippen LogP contribution in [0.4, 0.5) is 4.39 Å². The Morgan fingerprint density at radius 2 is 1.94 bits per heavy atom. The van der Waals surface area contributed by atoms with Crippen molar-refractivity contribution in [3.05, 3.63) is 63.6 Å². The summed E-state index contributed by atoms with van der Waals surface area (Å²) in [6, 6.07) is 8.34. The summed E-state index contributed by atoms with van der Waals surface area (Å²) in [4.78, 5) is 4.20. The molecule has 2 aromatic rings. The highest BCUT2D eigenvalue weighted by Gasteiger charge is 2.10. The maximum Gasteiger partial charge on any atom is 0.137 e. The molecule has 0 amide bonds. The number of benzene rings is 1. The molecule has 1 heterocycles. The summed E-state index contributed by atoms with van der Waals surface area (Å²) in [5.74, 6) is -0.289. The van der Waals surface area contributed by atoms with Gasteiger partial charge in [-0.1, -0.05) is 12.1 Å². The van der Waals surface area contributed by atoms with Crippen LogP contribution in [0.3, 0.4) is 0 Å². The quantitative estimate of drug-likeness (QED) is 0.923. The lowest BCUT2D eigenvalue weighted by molar-refractivity contribution is 0.619. The normalized spacial score (nSPS) is 12.5.